The molecule has 0 spiro atoms. The Balaban J connectivity index is 0.000000659. The Kier molecular flexibility index (Phi) is 11.7. The fourth-order valence-corrected chi connectivity index (χ4v) is 2.59. The summed E-state index contributed by atoms with van der Waals surface area (Å²) in [6.45, 7) is 9.23. The smallest absolute Gasteiger partial charge is 0.113 e. The molecule has 0 bridgehead atoms. The molecule has 110 valence electrons. The van der Waals surface area contributed by atoms with Gasteiger partial charge in [0.15, 0.2) is 0 Å². The van der Waals surface area contributed by atoms with Crippen LogP contribution in [0, 0.1) is 5.92 Å². The molecule has 2 aliphatic heterocycles. The van der Waals surface area contributed by atoms with Crippen LogP contribution in [0.1, 0.15) is 39.5 Å². The third-order valence-electron chi connectivity index (χ3n) is 3.42. The second-order valence-electron chi connectivity index (χ2n) is 4.69. The van der Waals surface area contributed by atoms with E-state index >= 15 is 0 Å². The molecule has 2 heterocycles. The van der Waals surface area contributed by atoms with E-state index in [4.69, 9.17) is 10.5 Å². The molecule has 0 aromatic rings. The number of hydrogen-bond donors (Lipinski definition) is 3. The number of likely N-dealkylation sites (tertiary alicyclic amines) is 1. The van der Waals surface area contributed by atoms with E-state index < -0.39 is 6.17 Å². The molecule has 0 amide bonds. The molecule has 18 heavy (non-hydrogen) atoms. The van der Waals surface area contributed by atoms with Gasteiger partial charge in [0.2, 0.25) is 0 Å². The zero-order valence-corrected chi connectivity index (χ0v) is 11.7. The standard InChI is InChI=1S/C11H21FN2.C2H6.H2O2/c12-11-2-1-7-14(9-11)8-10-3-5-13-6-4-10;2*1-2/h10-11,13H,1-9H2;1-2H3;1-2H/t11-;;/m1../s1. The quantitative estimate of drug-likeness (QED) is 0.530. The second-order valence-corrected chi connectivity index (χ2v) is 4.69. The third kappa shape index (κ3) is 7.26. The topological polar surface area (TPSA) is 55.7 Å². The first-order valence-corrected chi connectivity index (χ1v) is 7.12. The third-order valence-corrected chi connectivity index (χ3v) is 3.42. The summed E-state index contributed by atoms with van der Waals surface area (Å²) in [6.07, 6.45) is 3.81. The van der Waals surface area contributed by atoms with E-state index in [0.717, 1.165) is 44.9 Å². The first-order chi connectivity index (χ1) is 8.84. The van der Waals surface area contributed by atoms with Crippen molar-refractivity contribution in [1.82, 2.24) is 10.2 Å². The molecule has 0 unspecified atom stereocenters. The van der Waals surface area contributed by atoms with Gasteiger partial charge in [-0.25, -0.2) is 4.39 Å². The van der Waals surface area contributed by atoms with Gasteiger partial charge in [-0.05, 0) is 51.2 Å². The van der Waals surface area contributed by atoms with Gasteiger partial charge in [0.1, 0.15) is 6.17 Å². The lowest BCUT2D eigenvalue weighted by Gasteiger charge is -2.33. The first kappa shape index (κ1) is 17.8. The van der Waals surface area contributed by atoms with Gasteiger partial charge in [0.05, 0.1) is 0 Å². The molecule has 0 saturated carbocycles. The predicted octanol–water partition coefficient (Wildman–Crippen LogP) is 2.46. The van der Waals surface area contributed by atoms with Crippen LogP contribution in [-0.2, 0) is 0 Å². The van der Waals surface area contributed by atoms with Crippen LogP contribution in [0.3, 0.4) is 0 Å². The molecule has 0 aliphatic carbocycles. The number of piperidine rings is 2. The molecule has 2 aliphatic rings. The lowest BCUT2D eigenvalue weighted by atomic mass is 9.96. The van der Waals surface area contributed by atoms with Crippen LogP contribution in [0.2, 0.25) is 0 Å². The SMILES string of the molecule is CC.F[C@@H]1CCCN(CC2CCNCC2)C1.OO. The van der Waals surface area contributed by atoms with Crippen LogP contribution >= 0.6 is 0 Å². The van der Waals surface area contributed by atoms with Crippen LogP contribution in [0.25, 0.3) is 0 Å². The van der Waals surface area contributed by atoms with Crippen molar-refractivity contribution in [1.29, 1.82) is 0 Å². The number of halogens is 1. The number of rotatable bonds is 2. The number of nitrogens with one attached hydrogen (secondary N) is 1. The Morgan fingerprint density at radius 3 is 2.33 bits per heavy atom. The van der Waals surface area contributed by atoms with Crippen LogP contribution in [-0.4, -0.2) is 54.3 Å². The predicted molar refractivity (Wildman–Crippen MR) is 72.8 cm³/mol. The zero-order valence-electron chi connectivity index (χ0n) is 11.7. The highest BCUT2D eigenvalue weighted by Crippen LogP contribution is 2.18. The summed E-state index contributed by atoms with van der Waals surface area (Å²) in [7, 11) is 0. The maximum atomic E-state index is 13.1. The molecule has 1 atom stereocenters. The Morgan fingerprint density at radius 1 is 1.17 bits per heavy atom. The molecule has 2 rings (SSSR count). The second kappa shape index (κ2) is 11.8. The average Bonchev–Trinajstić information content (AvgIpc) is 2.44. The van der Waals surface area contributed by atoms with Crippen molar-refractivity contribution >= 4 is 0 Å². The molecule has 3 N–H and O–H groups in total. The van der Waals surface area contributed by atoms with Gasteiger partial charge in [-0.2, -0.15) is 0 Å². The maximum absolute atomic E-state index is 13.1. The summed E-state index contributed by atoms with van der Waals surface area (Å²) in [6, 6.07) is 0. The summed E-state index contributed by atoms with van der Waals surface area (Å²) in [4.78, 5) is 2.32. The first-order valence-electron chi connectivity index (χ1n) is 7.12. The lowest BCUT2D eigenvalue weighted by molar-refractivity contribution is -0.176. The van der Waals surface area contributed by atoms with E-state index in [9.17, 15) is 4.39 Å². The van der Waals surface area contributed by atoms with Gasteiger partial charge in [-0.3, -0.25) is 10.5 Å². The minimum Gasteiger partial charge on any atom is -0.317 e. The highest BCUT2D eigenvalue weighted by molar-refractivity contribution is 4.77. The monoisotopic (exact) mass is 264 g/mol. The molecular weight excluding hydrogens is 235 g/mol. The number of hydrogen-bond acceptors (Lipinski definition) is 4. The molecule has 5 heteroatoms. The van der Waals surface area contributed by atoms with Crippen LogP contribution in [0.4, 0.5) is 4.39 Å². The Labute approximate surface area is 110 Å². The van der Waals surface area contributed by atoms with E-state index in [0.29, 0.717) is 6.54 Å². The molecule has 0 aromatic carbocycles. The average molecular weight is 264 g/mol. The van der Waals surface area contributed by atoms with Gasteiger partial charge in [0, 0.05) is 13.1 Å². The molecule has 2 saturated heterocycles. The summed E-state index contributed by atoms with van der Waals surface area (Å²) in [5, 5.41) is 15.4. The molecular formula is C13H29FN2O2. The summed E-state index contributed by atoms with van der Waals surface area (Å²) in [5.41, 5.74) is 0. The zero-order chi connectivity index (χ0) is 13.8. The minimum absolute atomic E-state index is 0.564. The minimum atomic E-state index is -0.564. The fraction of sp³-hybridized carbons (Fsp3) is 1.00. The normalized spacial score (nSPS) is 25.5. The largest absolute Gasteiger partial charge is 0.317 e. The Morgan fingerprint density at radius 2 is 1.78 bits per heavy atom. The molecule has 4 nitrogen and oxygen atoms in total. The van der Waals surface area contributed by atoms with Gasteiger partial charge in [-0.15, -0.1) is 0 Å². The maximum Gasteiger partial charge on any atom is 0.113 e. The van der Waals surface area contributed by atoms with Gasteiger partial charge < -0.3 is 10.2 Å². The fourth-order valence-electron chi connectivity index (χ4n) is 2.59. The molecule has 0 radical (unpaired) electrons. The van der Waals surface area contributed by atoms with Crippen LogP contribution < -0.4 is 5.32 Å². The van der Waals surface area contributed by atoms with Gasteiger partial charge in [0.25, 0.3) is 0 Å². The molecule has 2 fully saturated rings. The number of alkyl halides is 1. The lowest BCUT2D eigenvalue weighted by Crippen LogP contribution is -2.41. The summed E-state index contributed by atoms with van der Waals surface area (Å²) < 4.78 is 13.1. The van der Waals surface area contributed by atoms with Crippen molar-refractivity contribution in [3.63, 3.8) is 0 Å². The number of nitrogens with zero attached hydrogens (tertiary/aromatic N) is 1. The highest BCUT2D eigenvalue weighted by Gasteiger charge is 2.22. The highest BCUT2D eigenvalue weighted by atomic mass is 19.1. The molecule has 0 aromatic heterocycles. The van der Waals surface area contributed by atoms with Crippen molar-refractivity contribution in [3.8, 4) is 0 Å². The van der Waals surface area contributed by atoms with Crippen LogP contribution in [0.15, 0.2) is 0 Å². The van der Waals surface area contributed by atoms with E-state index in [1.165, 1.54) is 12.8 Å². The van der Waals surface area contributed by atoms with Crippen molar-refractivity contribution in [2.45, 2.75) is 45.7 Å². The van der Waals surface area contributed by atoms with Gasteiger partial charge >= 0.3 is 0 Å². The van der Waals surface area contributed by atoms with E-state index in [2.05, 4.69) is 10.2 Å². The van der Waals surface area contributed by atoms with E-state index in [-0.39, 0.29) is 0 Å². The van der Waals surface area contributed by atoms with Crippen molar-refractivity contribution in [3.05, 3.63) is 0 Å². The Hall–Kier alpha value is -0.230. The van der Waals surface area contributed by atoms with Crippen molar-refractivity contribution in [2.24, 2.45) is 5.92 Å². The summed E-state index contributed by atoms with van der Waals surface area (Å²) >= 11 is 0. The van der Waals surface area contributed by atoms with Crippen LogP contribution in [0.5, 0.6) is 0 Å². The summed E-state index contributed by atoms with van der Waals surface area (Å²) in [5.74, 6) is 0.807. The van der Waals surface area contributed by atoms with Gasteiger partial charge in [-0.1, -0.05) is 13.8 Å². The van der Waals surface area contributed by atoms with Crippen molar-refractivity contribution in [2.75, 3.05) is 32.7 Å². The van der Waals surface area contributed by atoms with E-state index in [1.54, 1.807) is 0 Å². The van der Waals surface area contributed by atoms with Crippen molar-refractivity contribution < 1.29 is 14.9 Å². The Bertz CT molecular complexity index is 178. The van der Waals surface area contributed by atoms with E-state index in [1.807, 2.05) is 13.8 Å².